The molecule has 1 amide bonds. The predicted octanol–water partition coefficient (Wildman–Crippen LogP) is 2.19. The van der Waals surface area contributed by atoms with Gasteiger partial charge in [0.25, 0.3) is 0 Å². The van der Waals surface area contributed by atoms with Crippen LogP contribution < -0.4 is 10.6 Å². The number of benzene rings is 1. The molecule has 2 aromatic rings. The second kappa shape index (κ2) is 7.44. The summed E-state index contributed by atoms with van der Waals surface area (Å²) in [4.78, 5) is 20.5. The van der Waals surface area contributed by atoms with Crippen molar-refractivity contribution in [2.75, 3.05) is 0 Å². The quantitative estimate of drug-likeness (QED) is 0.629. The molecule has 1 heterocycles. The molecule has 0 aliphatic heterocycles. The average Bonchev–Trinajstić information content (AvgIpc) is 3.22. The van der Waals surface area contributed by atoms with Gasteiger partial charge >= 0.3 is 0 Å². The first-order valence-corrected chi connectivity index (χ1v) is 9.87. The van der Waals surface area contributed by atoms with Crippen molar-refractivity contribution in [1.29, 1.82) is 0 Å². The van der Waals surface area contributed by atoms with E-state index >= 15 is 0 Å². The Morgan fingerprint density at radius 2 is 2.00 bits per heavy atom. The van der Waals surface area contributed by atoms with Crippen LogP contribution in [0.3, 0.4) is 0 Å². The van der Waals surface area contributed by atoms with E-state index in [-0.39, 0.29) is 23.9 Å². The fourth-order valence-corrected chi connectivity index (χ4v) is 4.09. The van der Waals surface area contributed by atoms with Crippen LogP contribution in [0.2, 0.25) is 0 Å². The third-order valence-electron chi connectivity index (χ3n) is 5.53. The number of carbonyl (C=O) groups excluding carboxylic acids is 1. The standard InChI is InChI=1S/C21H28N4O2/c1-12(2)23-16-10-15(21(27)24-14-8-9-14)19(26)18(16)17-11-22-20(25-17)13-6-4-3-5-7-13/h3-7,11-12,14-16,18-19,23,26H,8-10H2,1-2H3,(H,22,25)(H,24,27)/t15-,16+,18+,19+/m0/s1. The van der Waals surface area contributed by atoms with Gasteiger partial charge in [-0.05, 0) is 19.3 Å². The fourth-order valence-electron chi connectivity index (χ4n) is 4.09. The van der Waals surface area contributed by atoms with Crippen LogP contribution in [0.25, 0.3) is 11.4 Å². The van der Waals surface area contributed by atoms with Crippen LogP contribution in [-0.2, 0) is 4.79 Å². The van der Waals surface area contributed by atoms with E-state index < -0.39 is 12.0 Å². The van der Waals surface area contributed by atoms with Crippen LogP contribution in [0.5, 0.6) is 0 Å². The third-order valence-corrected chi connectivity index (χ3v) is 5.53. The van der Waals surface area contributed by atoms with Crippen LogP contribution in [-0.4, -0.2) is 45.2 Å². The molecule has 27 heavy (non-hydrogen) atoms. The minimum atomic E-state index is -0.732. The molecule has 4 N–H and O–H groups in total. The molecule has 1 aromatic carbocycles. The number of carbonyl (C=O) groups is 1. The smallest absolute Gasteiger partial charge is 0.226 e. The molecule has 2 aliphatic carbocycles. The van der Waals surface area contributed by atoms with Crippen molar-refractivity contribution in [3.63, 3.8) is 0 Å². The fraction of sp³-hybridized carbons (Fsp3) is 0.524. The topological polar surface area (TPSA) is 90.0 Å². The number of nitrogens with one attached hydrogen (secondary N) is 3. The predicted molar refractivity (Wildman–Crippen MR) is 104 cm³/mol. The lowest BCUT2D eigenvalue weighted by atomic mass is 9.95. The summed E-state index contributed by atoms with van der Waals surface area (Å²) < 4.78 is 0. The molecular formula is C21H28N4O2. The van der Waals surface area contributed by atoms with Crippen molar-refractivity contribution in [3.8, 4) is 11.4 Å². The van der Waals surface area contributed by atoms with Crippen molar-refractivity contribution in [2.24, 2.45) is 5.92 Å². The lowest BCUT2D eigenvalue weighted by molar-refractivity contribution is -0.127. The maximum absolute atomic E-state index is 12.6. The van der Waals surface area contributed by atoms with Gasteiger partial charge in [-0.2, -0.15) is 0 Å². The maximum atomic E-state index is 12.6. The number of aromatic amines is 1. The Labute approximate surface area is 159 Å². The summed E-state index contributed by atoms with van der Waals surface area (Å²) in [6, 6.07) is 10.5. The Morgan fingerprint density at radius 1 is 1.26 bits per heavy atom. The first-order chi connectivity index (χ1) is 13.0. The normalized spacial score (nSPS) is 27.9. The second-order valence-corrected chi connectivity index (χ2v) is 8.12. The van der Waals surface area contributed by atoms with Gasteiger partial charge in [0.1, 0.15) is 5.82 Å². The Kier molecular flexibility index (Phi) is 5.02. The number of hydrogen-bond acceptors (Lipinski definition) is 4. The van der Waals surface area contributed by atoms with Crippen molar-refractivity contribution >= 4 is 5.91 Å². The molecule has 144 valence electrons. The van der Waals surface area contributed by atoms with Crippen LogP contribution >= 0.6 is 0 Å². The minimum absolute atomic E-state index is 0.0224. The van der Waals surface area contributed by atoms with Gasteiger partial charge in [0.2, 0.25) is 5.91 Å². The van der Waals surface area contributed by atoms with E-state index in [9.17, 15) is 9.90 Å². The second-order valence-electron chi connectivity index (χ2n) is 8.12. The average molecular weight is 368 g/mol. The molecule has 0 saturated heterocycles. The van der Waals surface area contributed by atoms with Crippen LogP contribution in [0.4, 0.5) is 0 Å². The highest BCUT2D eigenvalue weighted by molar-refractivity contribution is 5.80. The number of hydrogen-bond donors (Lipinski definition) is 4. The van der Waals surface area contributed by atoms with E-state index in [1.165, 1.54) is 0 Å². The van der Waals surface area contributed by atoms with Gasteiger partial charge in [-0.15, -0.1) is 0 Å². The molecule has 4 rings (SSSR count). The van der Waals surface area contributed by atoms with E-state index in [4.69, 9.17) is 0 Å². The van der Waals surface area contributed by atoms with Gasteiger partial charge in [-0.1, -0.05) is 44.2 Å². The zero-order chi connectivity index (χ0) is 19.0. The number of aliphatic hydroxyl groups is 1. The van der Waals surface area contributed by atoms with Gasteiger partial charge in [-0.3, -0.25) is 4.79 Å². The zero-order valence-electron chi connectivity index (χ0n) is 15.9. The van der Waals surface area contributed by atoms with Gasteiger partial charge < -0.3 is 20.7 Å². The molecule has 0 bridgehead atoms. The van der Waals surface area contributed by atoms with E-state index in [0.29, 0.717) is 12.5 Å². The number of rotatable bonds is 6. The summed E-state index contributed by atoms with van der Waals surface area (Å²) in [5, 5.41) is 17.6. The highest BCUT2D eigenvalue weighted by atomic mass is 16.3. The van der Waals surface area contributed by atoms with E-state index in [1.54, 1.807) is 6.20 Å². The molecule has 6 heteroatoms. The molecule has 1 aromatic heterocycles. The third kappa shape index (κ3) is 3.92. The zero-order valence-corrected chi connectivity index (χ0v) is 15.9. The summed E-state index contributed by atoms with van der Waals surface area (Å²) in [7, 11) is 0. The summed E-state index contributed by atoms with van der Waals surface area (Å²) >= 11 is 0. The lowest BCUT2D eigenvalue weighted by Gasteiger charge is -2.24. The number of aliphatic hydroxyl groups excluding tert-OH is 1. The lowest BCUT2D eigenvalue weighted by Crippen LogP contribution is -2.38. The molecule has 2 saturated carbocycles. The largest absolute Gasteiger partial charge is 0.392 e. The summed E-state index contributed by atoms with van der Waals surface area (Å²) in [5.41, 5.74) is 1.88. The monoisotopic (exact) mass is 368 g/mol. The highest BCUT2D eigenvalue weighted by Gasteiger charge is 2.47. The SMILES string of the molecule is CC(C)N[C@@H]1C[C@H](C(=O)NC2CC2)[C@@H](O)[C@H]1c1cnc(-c2ccccc2)[nH]1. The minimum Gasteiger partial charge on any atom is -0.392 e. The van der Waals surface area contributed by atoms with Crippen LogP contribution in [0, 0.1) is 5.92 Å². The Balaban J connectivity index is 1.58. The van der Waals surface area contributed by atoms with Gasteiger partial charge in [0.05, 0.1) is 12.0 Å². The van der Waals surface area contributed by atoms with Crippen molar-refractivity contribution in [3.05, 3.63) is 42.2 Å². The molecule has 2 aliphatic rings. The van der Waals surface area contributed by atoms with Gasteiger partial charge in [-0.25, -0.2) is 4.98 Å². The highest BCUT2D eigenvalue weighted by Crippen LogP contribution is 2.39. The molecule has 6 nitrogen and oxygen atoms in total. The number of imidazole rings is 1. The van der Waals surface area contributed by atoms with Crippen LogP contribution in [0.15, 0.2) is 36.5 Å². The van der Waals surface area contributed by atoms with Gasteiger partial charge in [0, 0.05) is 41.5 Å². The number of H-pyrrole nitrogens is 1. The number of nitrogens with zero attached hydrogens (tertiary/aromatic N) is 1. The summed E-state index contributed by atoms with van der Waals surface area (Å²) in [5.74, 6) is 0.181. The Bertz CT molecular complexity index is 784. The Morgan fingerprint density at radius 3 is 2.67 bits per heavy atom. The maximum Gasteiger partial charge on any atom is 0.226 e. The first kappa shape index (κ1) is 18.2. The molecule has 0 spiro atoms. The Hall–Kier alpha value is -2.18. The number of amides is 1. The van der Waals surface area contributed by atoms with Gasteiger partial charge in [0.15, 0.2) is 0 Å². The molecule has 2 fully saturated rings. The molecule has 0 unspecified atom stereocenters. The molecule has 4 atom stereocenters. The van der Waals surface area contributed by atoms with Crippen molar-refractivity contribution < 1.29 is 9.90 Å². The summed E-state index contributed by atoms with van der Waals surface area (Å²) in [6.07, 6.45) is 3.79. The van der Waals surface area contributed by atoms with Crippen molar-refractivity contribution in [1.82, 2.24) is 20.6 Å². The van der Waals surface area contributed by atoms with Crippen LogP contribution in [0.1, 0.15) is 44.7 Å². The van der Waals surface area contributed by atoms with E-state index in [2.05, 4.69) is 34.4 Å². The number of aromatic nitrogens is 2. The van der Waals surface area contributed by atoms with Crippen molar-refractivity contribution in [2.45, 2.75) is 63.3 Å². The molecular weight excluding hydrogens is 340 g/mol. The first-order valence-electron chi connectivity index (χ1n) is 9.87. The van der Waals surface area contributed by atoms with E-state index in [1.807, 2.05) is 30.3 Å². The summed E-state index contributed by atoms with van der Waals surface area (Å²) in [6.45, 7) is 4.17. The van der Waals surface area contributed by atoms with E-state index in [0.717, 1.165) is 29.9 Å². The molecule has 0 radical (unpaired) electrons.